The molecule has 0 bridgehead atoms. The van der Waals surface area contributed by atoms with Crippen LogP contribution in [0.1, 0.15) is 5.56 Å². The maximum Gasteiger partial charge on any atom is 0.0885 e. The lowest BCUT2D eigenvalue weighted by molar-refractivity contribution is 1.41. The monoisotopic (exact) mass is 235 g/mol. The van der Waals surface area contributed by atoms with Gasteiger partial charge in [-0.3, -0.25) is 0 Å². The zero-order valence-corrected chi connectivity index (χ0v) is 10.0. The first kappa shape index (κ1) is 9.59. The van der Waals surface area contributed by atoms with E-state index < -0.39 is 0 Å². The molecule has 3 N–H and O–H groups in total. The van der Waals surface area contributed by atoms with Crippen molar-refractivity contribution < 1.29 is 0 Å². The van der Waals surface area contributed by atoms with E-state index >= 15 is 0 Å². The molecule has 18 heavy (non-hydrogen) atoms. The highest BCUT2D eigenvalue weighted by Crippen LogP contribution is 2.29. The van der Waals surface area contributed by atoms with Crippen molar-refractivity contribution in [3.05, 3.63) is 48.2 Å². The molecule has 4 aromatic rings. The van der Waals surface area contributed by atoms with Crippen LogP contribution in [0.25, 0.3) is 33.3 Å². The number of benzene rings is 1. The number of nitrogens with one attached hydrogen (secondary N) is 3. The average molecular weight is 235 g/mol. The van der Waals surface area contributed by atoms with Gasteiger partial charge in [0.2, 0.25) is 0 Å². The molecule has 0 spiro atoms. The number of aryl methyl sites for hydroxylation is 1. The quantitative estimate of drug-likeness (QED) is 0.447. The number of aromatic amines is 3. The largest absolute Gasteiger partial charge is 0.358 e. The lowest BCUT2D eigenvalue weighted by atomic mass is 10.1. The zero-order valence-electron chi connectivity index (χ0n) is 10.0. The summed E-state index contributed by atoms with van der Waals surface area (Å²) >= 11 is 0. The number of hydrogen-bond acceptors (Lipinski definition) is 0. The Labute approximate surface area is 104 Å². The van der Waals surface area contributed by atoms with E-state index in [0.717, 1.165) is 27.8 Å². The minimum absolute atomic E-state index is 1.14. The smallest absolute Gasteiger partial charge is 0.0885 e. The van der Waals surface area contributed by atoms with Gasteiger partial charge in [-0.1, -0.05) is 23.8 Å². The van der Waals surface area contributed by atoms with Crippen LogP contribution in [0, 0.1) is 6.92 Å². The first-order chi connectivity index (χ1) is 8.81. The van der Waals surface area contributed by atoms with Crippen molar-refractivity contribution in [3.63, 3.8) is 0 Å². The predicted octanol–water partition coefficient (Wildman–Crippen LogP) is 3.95. The van der Waals surface area contributed by atoms with Gasteiger partial charge in [-0.25, -0.2) is 0 Å². The van der Waals surface area contributed by atoms with Crippen LogP contribution in [0.15, 0.2) is 42.6 Å². The van der Waals surface area contributed by atoms with E-state index in [0.29, 0.717) is 0 Å². The summed E-state index contributed by atoms with van der Waals surface area (Å²) in [6.45, 7) is 2.11. The molecule has 0 fully saturated rings. The highest BCUT2D eigenvalue weighted by Gasteiger charge is 2.09. The fourth-order valence-corrected chi connectivity index (χ4v) is 2.54. The normalized spacial score (nSPS) is 11.6. The maximum atomic E-state index is 3.49. The van der Waals surface area contributed by atoms with Crippen molar-refractivity contribution in [2.24, 2.45) is 0 Å². The molecule has 3 nitrogen and oxygen atoms in total. The van der Waals surface area contributed by atoms with E-state index in [4.69, 9.17) is 0 Å². The summed E-state index contributed by atoms with van der Waals surface area (Å²) in [5.41, 5.74) is 8.22. The van der Waals surface area contributed by atoms with Crippen LogP contribution in [0.4, 0.5) is 0 Å². The highest BCUT2D eigenvalue weighted by atomic mass is 14.9. The molecule has 3 heterocycles. The summed E-state index contributed by atoms with van der Waals surface area (Å²) < 4.78 is 0. The van der Waals surface area contributed by atoms with E-state index in [9.17, 15) is 0 Å². The Bertz CT molecular complexity index is 845. The fraction of sp³-hybridized carbons (Fsp3) is 0.0667. The minimum Gasteiger partial charge on any atom is -0.358 e. The molecular formula is C15H13N3. The van der Waals surface area contributed by atoms with Gasteiger partial charge in [-0.05, 0) is 30.7 Å². The Kier molecular flexibility index (Phi) is 1.75. The van der Waals surface area contributed by atoms with E-state index in [1.165, 1.54) is 11.1 Å². The number of H-pyrrole nitrogens is 3. The van der Waals surface area contributed by atoms with Crippen LogP contribution in [0.5, 0.6) is 0 Å². The number of aromatic nitrogens is 3. The van der Waals surface area contributed by atoms with Crippen LogP contribution in [0.3, 0.4) is 0 Å². The molecule has 3 aromatic heterocycles. The summed E-state index contributed by atoms with van der Waals surface area (Å²) in [6.07, 6.45) is 1.95. The summed E-state index contributed by atoms with van der Waals surface area (Å²) in [4.78, 5) is 10.1. The second kappa shape index (κ2) is 3.29. The molecule has 0 aliphatic rings. The molecule has 1 aromatic carbocycles. The Balaban J connectivity index is 1.97. The molecule has 3 heteroatoms. The van der Waals surface area contributed by atoms with Crippen LogP contribution >= 0.6 is 0 Å². The average Bonchev–Trinajstić information content (AvgIpc) is 2.99. The van der Waals surface area contributed by atoms with Crippen molar-refractivity contribution in [1.29, 1.82) is 0 Å². The van der Waals surface area contributed by atoms with Gasteiger partial charge < -0.3 is 15.0 Å². The molecule has 0 atom stereocenters. The Morgan fingerprint density at radius 1 is 0.889 bits per heavy atom. The van der Waals surface area contributed by atoms with Gasteiger partial charge in [-0.15, -0.1) is 0 Å². The zero-order chi connectivity index (χ0) is 12.1. The topological polar surface area (TPSA) is 47.4 Å². The second-order valence-corrected chi connectivity index (χ2v) is 4.73. The second-order valence-electron chi connectivity index (χ2n) is 4.73. The summed E-state index contributed by atoms with van der Waals surface area (Å²) in [5.74, 6) is 0. The molecule has 0 unspecified atom stereocenters. The molecule has 0 saturated heterocycles. The third kappa shape index (κ3) is 1.24. The Hall–Kier alpha value is -2.42. The Morgan fingerprint density at radius 2 is 1.83 bits per heavy atom. The van der Waals surface area contributed by atoms with Crippen LogP contribution in [0.2, 0.25) is 0 Å². The maximum absolute atomic E-state index is 3.49. The van der Waals surface area contributed by atoms with Crippen molar-refractivity contribution in [3.8, 4) is 11.3 Å². The summed E-state index contributed by atoms with van der Waals surface area (Å²) in [6, 6.07) is 12.7. The van der Waals surface area contributed by atoms with Crippen molar-refractivity contribution in [2.75, 3.05) is 0 Å². The number of hydrogen-bond donors (Lipinski definition) is 3. The number of fused-ring (bicyclic) bond motifs is 3. The van der Waals surface area contributed by atoms with E-state index in [2.05, 4.69) is 58.3 Å². The summed E-state index contributed by atoms with van der Waals surface area (Å²) in [7, 11) is 0. The van der Waals surface area contributed by atoms with Crippen molar-refractivity contribution in [1.82, 2.24) is 15.0 Å². The van der Waals surface area contributed by atoms with Gasteiger partial charge in [0.25, 0.3) is 0 Å². The van der Waals surface area contributed by atoms with Crippen LogP contribution < -0.4 is 0 Å². The third-order valence-corrected chi connectivity index (χ3v) is 3.41. The lowest BCUT2D eigenvalue weighted by Crippen LogP contribution is -1.78. The van der Waals surface area contributed by atoms with Crippen molar-refractivity contribution in [2.45, 2.75) is 6.92 Å². The lowest BCUT2D eigenvalue weighted by Gasteiger charge is -1.98. The number of rotatable bonds is 1. The van der Waals surface area contributed by atoms with Crippen molar-refractivity contribution >= 4 is 22.1 Å². The molecule has 88 valence electrons. The van der Waals surface area contributed by atoms with E-state index in [-0.39, 0.29) is 0 Å². The molecule has 0 aliphatic heterocycles. The highest BCUT2D eigenvalue weighted by molar-refractivity contribution is 6.04. The van der Waals surface area contributed by atoms with Crippen LogP contribution in [-0.4, -0.2) is 15.0 Å². The molecule has 0 radical (unpaired) electrons. The van der Waals surface area contributed by atoms with Gasteiger partial charge in [-0.2, -0.15) is 0 Å². The van der Waals surface area contributed by atoms with Gasteiger partial charge in [0.15, 0.2) is 0 Å². The summed E-state index contributed by atoms with van der Waals surface area (Å²) in [5, 5.41) is 0. The SMILES string of the molecule is Cc1cccc(-c2cc3[nH]c4cc[nH]c4c3[nH]2)c1. The first-order valence-corrected chi connectivity index (χ1v) is 6.06. The molecule has 0 amide bonds. The van der Waals surface area contributed by atoms with Gasteiger partial charge in [0, 0.05) is 11.9 Å². The van der Waals surface area contributed by atoms with E-state index in [1.54, 1.807) is 0 Å². The van der Waals surface area contributed by atoms with Crippen LogP contribution in [-0.2, 0) is 0 Å². The molecule has 0 aliphatic carbocycles. The standard InChI is InChI=1S/C15H13N3/c1-9-3-2-4-10(7-9)12-8-13-15(18-12)14-11(17-13)5-6-16-14/h2-8,16-18H,1H3. The molecule has 0 saturated carbocycles. The molecular weight excluding hydrogens is 222 g/mol. The molecule has 4 rings (SSSR count). The fourth-order valence-electron chi connectivity index (χ4n) is 2.54. The van der Waals surface area contributed by atoms with Gasteiger partial charge in [0.1, 0.15) is 0 Å². The van der Waals surface area contributed by atoms with Gasteiger partial charge in [0.05, 0.1) is 22.1 Å². The first-order valence-electron chi connectivity index (χ1n) is 6.06. The van der Waals surface area contributed by atoms with Gasteiger partial charge >= 0.3 is 0 Å². The predicted molar refractivity (Wildman–Crippen MR) is 74.7 cm³/mol. The Morgan fingerprint density at radius 3 is 2.72 bits per heavy atom. The third-order valence-electron chi connectivity index (χ3n) is 3.41. The van der Waals surface area contributed by atoms with E-state index in [1.807, 2.05) is 6.20 Å². The minimum atomic E-state index is 1.14.